The minimum absolute atomic E-state index is 0.0280. The second-order valence-electron chi connectivity index (χ2n) is 7.94. The third-order valence-electron chi connectivity index (χ3n) is 5.15. The molecule has 3 rings (SSSR count). The van der Waals surface area contributed by atoms with Crippen molar-refractivity contribution in [1.82, 2.24) is 9.62 Å². The molecule has 0 atom stereocenters. The quantitative estimate of drug-likeness (QED) is 0.587. The second-order valence-corrected chi connectivity index (χ2v) is 9.88. The fraction of sp³-hybridized carbons (Fsp3) is 0.391. The molecule has 0 aromatic heterocycles. The maximum atomic E-state index is 13.1. The summed E-state index contributed by atoms with van der Waals surface area (Å²) in [6.07, 6.45) is -0.201. The van der Waals surface area contributed by atoms with Crippen molar-refractivity contribution in [1.29, 1.82) is 0 Å². The van der Waals surface area contributed by atoms with E-state index < -0.39 is 21.9 Å². The number of ether oxygens (including phenoxy) is 1. The van der Waals surface area contributed by atoms with Crippen LogP contribution in [0.25, 0.3) is 0 Å². The molecule has 1 saturated heterocycles. The topological polar surface area (TPSA) is 96.0 Å². The molecule has 33 heavy (non-hydrogen) atoms. The van der Waals surface area contributed by atoms with Crippen LogP contribution < -0.4 is 10.2 Å². The zero-order valence-electron chi connectivity index (χ0n) is 18.7. The van der Waals surface area contributed by atoms with Crippen LogP contribution in [-0.2, 0) is 19.6 Å². The Balaban J connectivity index is 1.60. The first-order valence-electron chi connectivity index (χ1n) is 10.8. The zero-order chi connectivity index (χ0) is 24.0. The molecule has 0 saturated carbocycles. The van der Waals surface area contributed by atoms with Gasteiger partial charge in [0.05, 0.1) is 17.4 Å². The molecule has 1 N–H and O–H groups in total. The van der Waals surface area contributed by atoms with Gasteiger partial charge in [-0.3, -0.25) is 9.59 Å². The lowest BCUT2D eigenvalue weighted by Gasteiger charge is -2.35. The standard InChI is InChI=1S/C23H28FN3O5S/c1-17(2)32-22(28)10-11-25-23(29)18-4-3-5-21(16-18)33(30,31)27-14-12-26(13-15-27)20-8-6-19(24)7-9-20/h3-9,16-17H,10-15H2,1-2H3,(H,25,29). The monoisotopic (exact) mass is 477 g/mol. The molecule has 178 valence electrons. The van der Waals surface area contributed by atoms with Crippen LogP contribution in [0.1, 0.15) is 30.6 Å². The molecule has 0 spiro atoms. The van der Waals surface area contributed by atoms with Gasteiger partial charge in [-0.15, -0.1) is 0 Å². The highest BCUT2D eigenvalue weighted by atomic mass is 32.2. The highest BCUT2D eigenvalue weighted by Gasteiger charge is 2.29. The van der Waals surface area contributed by atoms with E-state index >= 15 is 0 Å². The fourth-order valence-corrected chi connectivity index (χ4v) is 4.96. The van der Waals surface area contributed by atoms with Crippen LogP contribution in [0.2, 0.25) is 0 Å². The first kappa shape index (κ1) is 24.7. The largest absolute Gasteiger partial charge is 0.463 e. The Morgan fingerprint density at radius 2 is 1.73 bits per heavy atom. The van der Waals surface area contributed by atoms with Crippen molar-refractivity contribution in [2.75, 3.05) is 37.6 Å². The van der Waals surface area contributed by atoms with Crippen molar-refractivity contribution < 1.29 is 27.1 Å². The molecule has 8 nitrogen and oxygen atoms in total. The van der Waals surface area contributed by atoms with Crippen LogP contribution in [0.4, 0.5) is 10.1 Å². The second kappa shape index (κ2) is 10.8. The Morgan fingerprint density at radius 1 is 1.06 bits per heavy atom. The lowest BCUT2D eigenvalue weighted by molar-refractivity contribution is -0.147. The summed E-state index contributed by atoms with van der Waals surface area (Å²) in [5.74, 6) is -1.20. The molecule has 1 amide bonds. The number of anilines is 1. The third kappa shape index (κ3) is 6.52. The Morgan fingerprint density at radius 3 is 2.36 bits per heavy atom. The molecular formula is C23H28FN3O5S. The van der Waals surface area contributed by atoms with E-state index in [-0.39, 0.29) is 48.4 Å². The number of hydrogen-bond acceptors (Lipinski definition) is 6. The van der Waals surface area contributed by atoms with Gasteiger partial charge < -0.3 is 15.0 Å². The van der Waals surface area contributed by atoms with Crippen molar-refractivity contribution in [2.24, 2.45) is 0 Å². The predicted molar refractivity (Wildman–Crippen MR) is 122 cm³/mol. The number of esters is 1. The Hall–Kier alpha value is -2.98. The summed E-state index contributed by atoms with van der Waals surface area (Å²) in [6.45, 7) is 5.06. The molecule has 0 aliphatic carbocycles. The molecule has 1 aliphatic heterocycles. The third-order valence-corrected chi connectivity index (χ3v) is 7.04. The number of carbonyl (C=O) groups excluding carboxylic acids is 2. The van der Waals surface area contributed by atoms with Gasteiger partial charge >= 0.3 is 5.97 Å². The Labute approximate surface area is 193 Å². The zero-order valence-corrected chi connectivity index (χ0v) is 19.5. The van der Waals surface area contributed by atoms with E-state index in [2.05, 4.69) is 5.32 Å². The van der Waals surface area contributed by atoms with E-state index in [9.17, 15) is 22.4 Å². The number of sulfonamides is 1. The van der Waals surface area contributed by atoms with Crippen LogP contribution >= 0.6 is 0 Å². The van der Waals surface area contributed by atoms with Gasteiger partial charge in [0.2, 0.25) is 10.0 Å². The molecular weight excluding hydrogens is 449 g/mol. The summed E-state index contributed by atoms with van der Waals surface area (Å²) in [6, 6.07) is 11.9. The van der Waals surface area contributed by atoms with E-state index in [0.717, 1.165) is 5.69 Å². The van der Waals surface area contributed by atoms with Crippen molar-refractivity contribution in [3.63, 3.8) is 0 Å². The highest BCUT2D eigenvalue weighted by molar-refractivity contribution is 7.89. The SMILES string of the molecule is CC(C)OC(=O)CCNC(=O)c1cccc(S(=O)(=O)N2CCN(c3ccc(F)cc3)CC2)c1. The number of benzene rings is 2. The van der Waals surface area contributed by atoms with Crippen molar-refractivity contribution in [3.8, 4) is 0 Å². The van der Waals surface area contributed by atoms with Gasteiger partial charge in [-0.25, -0.2) is 12.8 Å². The molecule has 2 aromatic carbocycles. The van der Waals surface area contributed by atoms with E-state index in [1.54, 1.807) is 26.0 Å². The van der Waals surface area contributed by atoms with E-state index in [4.69, 9.17) is 4.74 Å². The maximum Gasteiger partial charge on any atom is 0.307 e. The molecule has 1 aliphatic rings. The number of nitrogens with one attached hydrogen (secondary N) is 1. The lowest BCUT2D eigenvalue weighted by Crippen LogP contribution is -2.48. The van der Waals surface area contributed by atoms with Crippen molar-refractivity contribution in [2.45, 2.75) is 31.3 Å². The number of rotatable bonds is 8. The number of halogens is 1. The average molecular weight is 478 g/mol. The van der Waals surface area contributed by atoms with Crippen LogP contribution in [-0.4, -0.2) is 63.4 Å². The van der Waals surface area contributed by atoms with Crippen LogP contribution in [0, 0.1) is 5.82 Å². The fourth-order valence-electron chi connectivity index (χ4n) is 3.49. The van der Waals surface area contributed by atoms with Gasteiger partial charge in [0, 0.05) is 44.0 Å². The van der Waals surface area contributed by atoms with Crippen molar-refractivity contribution >= 4 is 27.6 Å². The lowest BCUT2D eigenvalue weighted by atomic mass is 10.2. The smallest absolute Gasteiger partial charge is 0.307 e. The molecule has 0 unspecified atom stereocenters. The summed E-state index contributed by atoms with van der Waals surface area (Å²) in [5, 5.41) is 2.61. The summed E-state index contributed by atoms with van der Waals surface area (Å²) in [4.78, 5) is 26.0. The van der Waals surface area contributed by atoms with Gasteiger partial charge in [-0.2, -0.15) is 4.31 Å². The Bertz CT molecular complexity index is 1080. The molecule has 1 heterocycles. The van der Waals surface area contributed by atoms with Gasteiger partial charge in [-0.1, -0.05) is 6.07 Å². The van der Waals surface area contributed by atoms with Gasteiger partial charge in [-0.05, 0) is 56.3 Å². The molecule has 10 heteroatoms. The molecule has 1 fully saturated rings. The maximum absolute atomic E-state index is 13.1. The number of piperazine rings is 1. The van der Waals surface area contributed by atoms with Gasteiger partial charge in [0.1, 0.15) is 5.82 Å². The first-order chi connectivity index (χ1) is 15.7. The minimum Gasteiger partial charge on any atom is -0.463 e. The van der Waals surface area contributed by atoms with E-state index in [1.165, 1.54) is 40.7 Å². The van der Waals surface area contributed by atoms with E-state index in [1.807, 2.05) is 4.90 Å². The average Bonchev–Trinajstić information content (AvgIpc) is 2.79. The van der Waals surface area contributed by atoms with Crippen molar-refractivity contribution in [3.05, 3.63) is 59.9 Å². The van der Waals surface area contributed by atoms with Gasteiger partial charge in [0.15, 0.2) is 0 Å². The van der Waals surface area contributed by atoms with Gasteiger partial charge in [0.25, 0.3) is 5.91 Å². The predicted octanol–water partition coefficient (Wildman–Crippen LogP) is 2.41. The molecule has 2 aromatic rings. The summed E-state index contributed by atoms with van der Waals surface area (Å²) in [7, 11) is -3.79. The number of amides is 1. The summed E-state index contributed by atoms with van der Waals surface area (Å²) >= 11 is 0. The minimum atomic E-state index is -3.79. The summed E-state index contributed by atoms with van der Waals surface area (Å²) < 4.78 is 45.8. The Kier molecular flexibility index (Phi) is 8.04. The van der Waals surface area contributed by atoms with Crippen LogP contribution in [0.5, 0.6) is 0 Å². The van der Waals surface area contributed by atoms with Crippen LogP contribution in [0.15, 0.2) is 53.4 Å². The number of carbonyl (C=O) groups is 2. The molecule has 0 bridgehead atoms. The number of nitrogens with zero attached hydrogens (tertiary/aromatic N) is 2. The van der Waals surface area contributed by atoms with E-state index in [0.29, 0.717) is 13.1 Å². The van der Waals surface area contributed by atoms with Crippen LogP contribution in [0.3, 0.4) is 0 Å². The highest BCUT2D eigenvalue weighted by Crippen LogP contribution is 2.22. The molecule has 0 radical (unpaired) electrons. The normalized spacial score (nSPS) is 14.8. The first-order valence-corrected chi connectivity index (χ1v) is 12.2. The number of hydrogen-bond donors (Lipinski definition) is 1. The summed E-state index contributed by atoms with van der Waals surface area (Å²) in [5.41, 5.74) is 1.03.